The molecule has 1 aromatic rings. The van der Waals surface area contributed by atoms with Crippen LogP contribution in [0.15, 0.2) is 11.4 Å². The Labute approximate surface area is 119 Å². The second-order valence-corrected chi connectivity index (χ2v) is 5.41. The van der Waals surface area contributed by atoms with Crippen LogP contribution in [-0.2, 0) is 0 Å². The Balaban J connectivity index is 2.83. The van der Waals surface area contributed by atoms with Gasteiger partial charge < -0.3 is 10.0 Å². The van der Waals surface area contributed by atoms with Crippen LogP contribution in [-0.4, -0.2) is 35.6 Å². The van der Waals surface area contributed by atoms with Crippen molar-refractivity contribution in [3.05, 3.63) is 21.9 Å². The third-order valence-electron chi connectivity index (χ3n) is 3.01. The molecule has 0 spiro atoms. The second kappa shape index (κ2) is 7.98. The highest BCUT2D eigenvalue weighted by molar-refractivity contribution is 7.12. The molecule has 0 fully saturated rings. The molecular formula is C15H21NO2S. The standard InChI is InChI=1S/C15H21NO2S/c1-4-7-12(2)16(3)15(18)14-13(9-11-19-14)8-5-6-10-17/h9,11-12,17H,4,6-7,10H2,1-3H3. The third kappa shape index (κ3) is 4.38. The van der Waals surface area contributed by atoms with E-state index in [1.54, 1.807) is 4.90 Å². The molecule has 104 valence electrons. The zero-order valence-electron chi connectivity index (χ0n) is 11.8. The Hall–Kier alpha value is -1.31. The molecule has 0 aromatic carbocycles. The van der Waals surface area contributed by atoms with Gasteiger partial charge in [0.2, 0.25) is 0 Å². The predicted molar refractivity (Wildman–Crippen MR) is 79.4 cm³/mol. The average Bonchev–Trinajstić information content (AvgIpc) is 2.86. The van der Waals surface area contributed by atoms with E-state index in [9.17, 15) is 4.79 Å². The van der Waals surface area contributed by atoms with E-state index in [0.717, 1.165) is 18.4 Å². The van der Waals surface area contributed by atoms with Gasteiger partial charge in [0.05, 0.1) is 6.61 Å². The molecule has 1 N–H and O–H groups in total. The summed E-state index contributed by atoms with van der Waals surface area (Å²) >= 11 is 1.42. The van der Waals surface area contributed by atoms with Crippen molar-refractivity contribution in [3.63, 3.8) is 0 Å². The molecule has 1 heterocycles. The normalized spacial score (nSPS) is 11.6. The van der Waals surface area contributed by atoms with Gasteiger partial charge in [-0.25, -0.2) is 0 Å². The quantitative estimate of drug-likeness (QED) is 0.842. The number of thiophene rings is 1. The van der Waals surface area contributed by atoms with Gasteiger partial charge in [-0.05, 0) is 24.8 Å². The maximum Gasteiger partial charge on any atom is 0.265 e. The molecule has 4 heteroatoms. The molecule has 0 aliphatic heterocycles. The molecule has 0 aliphatic rings. The molecular weight excluding hydrogens is 258 g/mol. The number of rotatable bonds is 5. The van der Waals surface area contributed by atoms with Gasteiger partial charge >= 0.3 is 0 Å². The number of aliphatic hydroxyl groups excluding tert-OH is 1. The van der Waals surface area contributed by atoms with Crippen LogP contribution in [0.4, 0.5) is 0 Å². The molecule has 1 unspecified atom stereocenters. The summed E-state index contributed by atoms with van der Waals surface area (Å²) in [5.74, 6) is 5.85. The number of amides is 1. The first-order valence-electron chi connectivity index (χ1n) is 6.56. The average molecular weight is 279 g/mol. The van der Waals surface area contributed by atoms with Crippen molar-refractivity contribution in [2.75, 3.05) is 13.7 Å². The first-order valence-corrected chi connectivity index (χ1v) is 7.44. The molecule has 1 amide bonds. The Bertz CT molecular complexity index is 470. The number of carbonyl (C=O) groups is 1. The molecule has 1 atom stereocenters. The minimum absolute atomic E-state index is 0.0317. The fourth-order valence-electron chi connectivity index (χ4n) is 1.76. The summed E-state index contributed by atoms with van der Waals surface area (Å²) in [7, 11) is 1.84. The molecule has 0 saturated heterocycles. The summed E-state index contributed by atoms with van der Waals surface area (Å²) in [4.78, 5) is 14.9. The van der Waals surface area contributed by atoms with Crippen LogP contribution in [0.25, 0.3) is 0 Å². The van der Waals surface area contributed by atoms with E-state index in [1.807, 2.05) is 18.5 Å². The van der Waals surface area contributed by atoms with Gasteiger partial charge in [0.15, 0.2) is 0 Å². The summed E-state index contributed by atoms with van der Waals surface area (Å²) in [6.07, 6.45) is 2.50. The number of nitrogens with zero attached hydrogens (tertiary/aromatic N) is 1. The number of carbonyl (C=O) groups excluding carboxylic acids is 1. The zero-order valence-corrected chi connectivity index (χ0v) is 12.6. The highest BCUT2D eigenvalue weighted by atomic mass is 32.1. The Kier molecular flexibility index (Phi) is 6.61. The molecule has 0 radical (unpaired) electrons. The highest BCUT2D eigenvalue weighted by Crippen LogP contribution is 2.19. The maximum absolute atomic E-state index is 12.4. The summed E-state index contributed by atoms with van der Waals surface area (Å²) in [5, 5.41) is 10.6. The number of aliphatic hydroxyl groups is 1. The lowest BCUT2D eigenvalue weighted by Crippen LogP contribution is -2.34. The SMILES string of the molecule is CCCC(C)N(C)C(=O)c1sccc1C#CCCO. The molecule has 0 aliphatic carbocycles. The summed E-state index contributed by atoms with van der Waals surface area (Å²) in [6.45, 7) is 4.23. The lowest BCUT2D eigenvalue weighted by molar-refractivity contribution is 0.0741. The van der Waals surface area contributed by atoms with E-state index in [2.05, 4.69) is 25.7 Å². The Morgan fingerprint density at radius 2 is 2.32 bits per heavy atom. The van der Waals surface area contributed by atoms with E-state index in [0.29, 0.717) is 11.3 Å². The van der Waals surface area contributed by atoms with Crippen LogP contribution in [0.1, 0.15) is 48.3 Å². The molecule has 1 aromatic heterocycles. The van der Waals surface area contributed by atoms with Crippen LogP contribution >= 0.6 is 11.3 Å². The Morgan fingerprint density at radius 1 is 1.58 bits per heavy atom. The maximum atomic E-state index is 12.4. The third-order valence-corrected chi connectivity index (χ3v) is 3.91. The van der Waals surface area contributed by atoms with Gasteiger partial charge in [-0.3, -0.25) is 4.79 Å². The summed E-state index contributed by atoms with van der Waals surface area (Å²) < 4.78 is 0. The first kappa shape index (κ1) is 15.7. The van der Waals surface area contributed by atoms with Gasteiger partial charge in [0.1, 0.15) is 4.88 Å². The van der Waals surface area contributed by atoms with Gasteiger partial charge in [0, 0.05) is 25.1 Å². The molecule has 3 nitrogen and oxygen atoms in total. The highest BCUT2D eigenvalue weighted by Gasteiger charge is 2.20. The van der Waals surface area contributed by atoms with Crippen LogP contribution < -0.4 is 0 Å². The van der Waals surface area contributed by atoms with Crippen molar-refractivity contribution in [1.29, 1.82) is 0 Å². The fourth-order valence-corrected chi connectivity index (χ4v) is 2.59. The smallest absolute Gasteiger partial charge is 0.265 e. The van der Waals surface area contributed by atoms with E-state index in [-0.39, 0.29) is 18.6 Å². The van der Waals surface area contributed by atoms with Gasteiger partial charge in [-0.2, -0.15) is 0 Å². The zero-order chi connectivity index (χ0) is 14.3. The molecule has 0 bridgehead atoms. The lowest BCUT2D eigenvalue weighted by Gasteiger charge is -2.24. The van der Waals surface area contributed by atoms with Crippen LogP contribution in [0, 0.1) is 11.8 Å². The number of hydrogen-bond donors (Lipinski definition) is 1. The molecule has 19 heavy (non-hydrogen) atoms. The van der Waals surface area contributed by atoms with Crippen molar-refractivity contribution >= 4 is 17.2 Å². The lowest BCUT2D eigenvalue weighted by atomic mass is 10.1. The van der Waals surface area contributed by atoms with Crippen molar-refractivity contribution in [2.24, 2.45) is 0 Å². The van der Waals surface area contributed by atoms with Gasteiger partial charge in [0.25, 0.3) is 5.91 Å². The predicted octanol–water partition coefficient (Wildman–Crippen LogP) is 2.74. The van der Waals surface area contributed by atoms with E-state index >= 15 is 0 Å². The molecule has 1 rings (SSSR count). The van der Waals surface area contributed by atoms with E-state index in [4.69, 9.17) is 5.11 Å². The second-order valence-electron chi connectivity index (χ2n) is 4.49. The van der Waals surface area contributed by atoms with E-state index < -0.39 is 0 Å². The van der Waals surface area contributed by atoms with Crippen molar-refractivity contribution in [1.82, 2.24) is 4.90 Å². The topological polar surface area (TPSA) is 40.5 Å². The number of hydrogen-bond acceptors (Lipinski definition) is 3. The molecule has 0 saturated carbocycles. The monoisotopic (exact) mass is 279 g/mol. The van der Waals surface area contributed by atoms with E-state index in [1.165, 1.54) is 11.3 Å². The van der Waals surface area contributed by atoms with Crippen LogP contribution in [0.2, 0.25) is 0 Å². The van der Waals surface area contributed by atoms with Crippen molar-refractivity contribution < 1.29 is 9.90 Å². The summed E-state index contributed by atoms with van der Waals surface area (Å²) in [5.41, 5.74) is 0.763. The Morgan fingerprint density at radius 3 is 2.95 bits per heavy atom. The van der Waals surface area contributed by atoms with Crippen LogP contribution in [0.3, 0.4) is 0 Å². The van der Waals surface area contributed by atoms with Gasteiger partial charge in [-0.15, -0.1) is 11.3 Å². The van der Waals surface area contributed by atoms with Gasteiger partial charge in [-0.1, -0.05) is 25.2 Å². The minimum Gasteiger partial charge on any atom is -0.395 e. The summed E-state index contributed by atoms with van der Waals surface area (Å²) in [6, 6.07) is 2.10. The largest absolute Gasteiger partial charge is 0.395 e. The van der Waals surface area contributed by atoms with Crippen LogP contribution in [0.5, 0.6) is 0 Å². The minimum atomic E-state index is 0.0317. The van der Waals surface area contributed by atoms with Crippen molar-refractivity contribution in [2.45, 2.75) is 39.2 Å². The fraction of sp³-hybridized carbons (Fsp3) is 0.533. The first-order chi connectivity index (χ1) is 9.11. The van der Waals surface area contributed by atoms with Crippen molar-refractivity contribution in [3.8, 4) is 11.8 Å².